The number of nitrogens with one attached hydrogen (secondary N) is 1. The van der Waals surface area contributed by atoms with Gasteiger partial charge in [0, 0.05) is 5.56 Å². The van der Waals surface area contributed by atoms with Crippen LogP contribution in [0.2, 0.25) is 0 Å². The minimum atomic E-state index is -3.87. The number of alkyl carbamates (subject to hydrolysis) is 1. The Kier molecular flexibility index (Phi) is 5.98. The van der Waals surface area contributed by atoms with E-state index in [4.69, 9.17) is 4.74 Å². The van der Waals surface area contributed by atoms with Gasteiger partial charge in [-0.1, -0.05) is 60.2 Å². The van der Waals surface area contributed by atoms with Crippen LogP contribution in [-0.2, 0) is 4.74 Å². The number of aryl methyl sites for hydroxylation is 1. The van der Waals surface area contributed by atoms with Crippen molar-refractivity contribution in [1.29, 1.82) is 0 Å². The van der Waals surface area contributed by atoms with Crippen molar-refractivity contribution in [1.82, 2.24) is 5.32 Å². The third-order valence-electron chi connectivity index (χ3n) is 3.74. The number of ketones is 1. The van der Waals surface area contributed by atoms with Gasteiger partial charge in [0.25, 0.3) is 0 Å². The second-order valence-electron chi connectivity index (χ2n) is 7.31. The van der Waals surface area contributed by atoms with Crippen molar-refractivity contribution >= 4 is 11.9 Å². The first-order valence-corrected chi connectivity index (χ1v) is 8.54. The predicted octanol–water partition coefficient (Wildman–Crippen LogP) is 5.08. The van der Waals surface area contributed by atoms with E-state index in [1.807, 2.05) is 0 Å². The van der Waals surface area contributed by atoms with Gasteiger partial charge < -0.3 is 10.1 Å². The highest BCUT2D eigenvalue weighted by Gasteiger charge is 2.49. The number of benzene rings is 2. The molecule has 0 fully saturated rings. The van der Waals surface area contributed by atoms with Crippen LogP contribution in [0.3, 0.4) is 0 Å². The molecule has 0 aliphatic rings. The van der Waals surface area contributed by atoms with E-state index in [0.29, 0.717) is 0 Å². The molecule has 0 radical (unpaired) electrons. The number of hydrogen-bond donors (Lipinski definition) is 1. The van der Waals surface area contributed by atoms with Crippen molar-refractivity contribution in [3.63, 3.8) is 0 Å². The summed E-state index contributed by atoms with van der Waals surface area (Å²) >= 11 is 0. The molecule has 0 saturated carbocycles. The van der Waals surface area contributed by atoms with E-state index in [1.165, 1.54) is 36.4 Å². The average Bonchev–Trinajstić information content (AvgIpc) is 2.58. The number of alkyl halides is 2. The fourth-order valence-corrected chi connectivity index (χ4v) is 2.57. The molecule has 0 spiro atoms. The van der Waals surface area contributed by atoms with Crippen molar-refractivity contribution in [3.8, 4) is 0 Å². The molecular weight excluding hydrogens is 352 g/mol. The molecule has 1 atom stereocenters. The minimum absolute atomic E-state index is 0.121. The molecular formula is C21H23F2NO3. The zero-order valence-corrected chi connectivity index (χ0v) is 15.8. The lowest BCUT2D eigenvalue weighted by molar-refractivity contribution is -0.0208. The van der Waals surface area contributed by atoms with Gasteiger partial charge in [-0.15, -0.1) is 0 Å². The molecule has 0 aliphatic carbocycles. The van der Waals surface area contributed by atoms with Crippen LogP contribution in [0.15, 0.2) is 54.6 Å². The summed E-state index contributed by atoms with van der Waals surface area (Å²) in [6, 6.07) is 11.7. The molecule has 0 aliphatic heterocycles. The van der Waals surface area contributed by atoms with E-state index in [2.05, 4.69) is 5.32 Å². The van der Waals surface area contributed by atoms with Gasteiger partial charge in [-0.3, -0.25) is 4.79 Å². The van der Waals surface area contributed by atoms with E-state index in [1.54, 1.807) is 45.9 Å². The first-order valence-electron chi connectivity index (χ1n) is 8.54. The van der Waals surface area contributed by atoms with Crippen molar-refractivity contribution < 1.29 is 23.1 Å². The molecule has 1 amide bonds. The molecule has 2 aromatic rings. The van der Waals surface area contributed by atoms with Crippen molar-refractivity contribution in [2.24, 2.45) is 0 Å². The molecule has 2 rings (SSSR count). The van der Waals surface area contributed by atoms with Crippen LogP contribution in [0.5, 0.6) is 0 Å². The maximum atomic E-state index is 15.2. The van der Waals surface area contributed by atoms with Gasteiger partial charge in [-0.2, -0.15) is 8.78 Å². The van der Waals surface area contributed by atoms with Crippen LogP contribution < -0.4 is 5.32 Å². The SMILES string of the molecule is Cc1cccc([C@H](NC(=O)OC(C)(C)C)C(F)(F)C(=O)c2ccccc2)c1. The Hall–Kier alpha value is -2.76. The van der Waals surface area contributed by atoms with E-state index in [0.717, 1.165) is 5.56 Å². The van der Waals surface area contributed by atoms with Crippen LogP contribution in [0.1, 0.15) is 48.3 Å². The Balaban J connectivity index is 2.41. The van der Waals surface area contributed by atoms with Gasteiger partial charge in [0.1, 0.15) is 11.6 Å². The number of amides is 1. The number of carbonyl (C=O) groups excluding carboxylic acids is 2. The van der Waals surface area contributed by atoms with Crippen LogP contribution in [0.25, 0.3) is 0 Å². The average molecular weight is 375 g/mol. The number of carbonyl (C=O) groups is 2. The molecule has 0 aromatic heterocycles. The van der Waals surface area contributed by atoms with E-state index in [-0.39, 0.29) is 11.1 Å². The molecule has 27 heavy (non-hydrogen) atoms. The minimum Gasteiger partial charge on any atom is -0.444 e. The summed E-state index contributed by atoms with van der Waals surface area (Å²) in [4.78, 5) is 24.6. The summed E-state index contributed by atoms with van der Waals surface area (Å²) < 4.78 is 35.4. The largest absolute Gasteiger partial charge is 0.444 e. The summed E-state index contributed by atoms with van der Waals surface area (Å²) in [6.45, 7) is 6.62. The van der Waals surface area contributed by atoms with E-state index >= 15 is 8.78 Å². The van der Waals surface area contributed by atoms with Gasteiger partial charge in [0.15, 0.2) is 0 Å². The molecule has 4 nitrogen and oxygen atoms in total. The lowest BCUT2D eigenvalue weighted by Gasteiger charge is -2.29. The number of hydrogen-bond acceptors (Lipinski definition) is 3. The first-order chi connectivity index (χ1) is 12.5. The van der Waals surface area contributed by atoms with Gasteiger partial charge in [-0.05, 0) is 33.3 Å². The van der Waals surface area contributed by atoms with E-state index in [9.17, 15) is 9.59 Å². The molecule has 6 heteroatoms. The normalized spacial score (nSPS) is 13.0. The molecule has 2 aromatic carbocycles. The van der Waals surface area contributed by atoms with Gasteiger partial charge in [0.2, 0.25) is 5.78 Å². The lowest BCUT2D eigenvalue weighted by Crippen LogP contribution is -2.47. The van der Waals surface area contributed by atoms with Crippen molar-refractivity contribution in [2.75, 3.05) is 0 Å². The highest BCUT2D eigenvalue weighted by Crippen LogP contribution is 2.35. The van der Waals surface area contributed by atoms with Crippen LogP contribution in [0, 0.1) is 6.92 Å². The summed E-state index contributed by atoms with van der Waals surface area (Å²) in [5.74, 6) is -5.24. The zero-order chi connectivity index (χ0) is 20.2. The fraction of sp³-hybridized carbons (Fsp3) is 0.333. The molecule has 144 valence electrons. The fourth-order valence-electron chi connectivity index (χ4n) is 2.57. The number of rotatable bonds is 5. The summed E-state index contributed by atoms with van der Waals surface area (Å²) in [5.41, 5.74) is -0.146. The van der Waals surface area contributed by atoms with Crippen LogP contribution >= 0.6 is 0 Å². The van der Waals surface area contributed by atoms with Crippen LogP contribution in [0.4, 0.5) is 13.6 Å². The second kappa shape index (κ2) is 7.86. The van der Waals surface area contributed by atoms with E-state index < -0.39 is 29.4 Å². The topological polar surface area (TPSA) is 55.4 Å². The number of ether oxygens (including phenoxy) is 1. The summed E-state index contributed by atoms with van der Waals surface area (Å²) in [6.07, 6.45) is -1.02. The molecule has 0 heterocycles. The maximum absolute atomic E-state index is 15.2. The number of Topliss-reactive ketones (excluding diaryl/α,β-unsaturated/α-hetero) is 1. The Morgan fingerprint density at radius 1 is 1.00 bits per heavy atom. The lowest BCUT2D eigenvalue weighted by atomic mass is 9.93. The van der Waals surface area contributed by atoms with Crippen molar-refractivity contribution in [3.05, 3.63) is 71.3 Å². The summed E-state index contributed by atoms with van der Waals surface area (Å²) in [7, 11) is 0. The maximum Gasteiger partial charge on any atom is 0.408 e. The quantitative estimate of drug-likeness (QED) is 0.742. The Morgan fingerprint density at radius 3 is 2.19 bits per heavy atom. The molecule has 0 saturated heterocycles. The molecule has 0 unspecified atom stereocenters. The third kappa shape index (κ3) is 5.36. The van der Waals surface area contributed by atoms with Crippen molar-refractivity contribution in [2.45, 2.75) is 45.3 Å². The highest BCUT2D eigenvalue weighted by molar-refractivity contribution is 6.02. The molecule has 1 N–H and O–H groups in total. The Morgan fingerprint density at radius 2 is 1.63 bits per heavy atom. The zero-order valence-electron chi connectivity index (χ0n) is 15.8. The monoisotopic (exact) mass is 375 g/mol. The predicted molar refractivity (Wildman–Crippen MR) is 99.0 cm³/mol. The standard InChI is InChI=1S/C21H23F2NO3/c1-14-9-8-12-16(13-14)17(24-19(26)27-20(2,3)4)21(22,23)18(25)15-10-6-5-7-11-15/h5-13,17H,1-4H3,(H,24,26)/t17-/m0/s1. The smallest absolute Gasteiger partial charge is 0.408 e. The summed E-state index contributed by atoms with van der Waals surface area (Å²) in [5, 5.41) is 2.18. The Labute approximate surface area is 157 Å². The number of halogens is 2. The second-order valence-corrected chi connectivity index (χ2v) is 7.31. The van der Waals surface area contributed by atoms with Crippen LogP contribution in [-0.4, -0.2) is 23.4 Å². The van der Waals surface area contributed by atoms with Gasteiger partial charge >= 0.3 is 12.0 Å². The Bertz CT molecular complexity index is 814. The third-order valence-corrected chi connectivity index (χ3v) is 3.74. The highest BCUT2D eigenvalue weighted by atomic mass is 19.3. The molecule has 0 bridgehead atoms. The van der Waals surface area contributed by atoms with Gasteiger partial charge in [0.05, 0.1) is 0 Å². The van der Waals surface area contributed by atoms with Gasteiger partial charge in [-0.25, -0.2) is 4.79 Å². The first kappa shape index (κ1) is 20.6.